The third-order valence-corrected chi connectivity index (χ3v) is 11.4. The summed E-state index contributed by atoms with van der Waals surface area (Å²) in [6, 6.07) is 0. The Kier molecular flexibility index (Phi) is 42.4. The number of unbranched alkanes of at least 4 members (excludes halogenated alkanes) is 30. The SMILES string of the molecule is CCCCCCCCC/C=C\CCCCCCCCCC(=O)NCCOP(=O)(O)OCC(O)COC(=O)CCCCCCCCCCCCCCCCCCC. The van der Waals surface area contributed by atoms with Crippen molar-refractivity contribution < 1.29 is 37.9 Å². The summed E-state index contributed by atoms with van der Waals surface area (Å²) in [5.74, 6) is -0.510. The molecular formula is C46H90NO8P. The summed E-state index contributed by atoms with van der Waals surface area (Å²) in [4.78, 5) is 34.0. The number of rotatable bonds is 45. The summed E-state index contributed by atoms with van der Waals surface area (Å²) in [5.41, 5.74) is 0. The van der Waals surface area contributed by atoms with Gasteiger partial charge in [-0.15, -0.1) is 0 Å². The first kappa shape index (κ1) is 54.8. The number of phosphoric ester groups is 1. The van der Waals surface area contributed by atoms with Crippen molar-refractivity contribution in [1.29, 1.82) is 0 Å². The van der Waals surface area contributed by atoms with Gasteiger partial charge in [-0.1, -0.05) is 199 Å². The van der Waals surface area contributed by atoms with Crippen molar-refractivity contribution in [2.45, 2.75) is 245 Å². The zero-order chi connectivity index (χ0) is 41.1. The van der Waals surface area contributed by atoms with E-state index >= 15 is 0 Å². The van der Waals surface area contributed by atoms with Crippen LogP contribution >= 0.6 is 7.82 Å². The molecule has 0 aromatic rings. The van der Waals surface area contributed by atoms with Gasteiger partial charge in [-0.3, -0.25) is 18.6 Å². The molecule has 1 amide bonds. The predicted octanol–water partition coefficient (Wildman–Crippen LogP) is 13.4. The Morgan fingerprint density at radius 2 is 0.911 bits per heavy atom. The topological polar surface area (TPSA) is 131 Å². The molecule has 0 saturated heterocycles. The highest BCUT2D eigenvalue weighted by Gasteiger charge is 2.23. The number of carbonyl (C=O) groups is 2. The molecule has 2 unspecified atom stereocenters. The Morgan fingerprint density at radius 1 is 0.536 bits per heavy atom. The monoisotopic (exact) mass is 816 g/mol. The van der Waals surface area contributed by atoms with Crippen molar-refractivity contribution in [3.63, 3.8) is 0 Å². The number of phosphoric acid groups is 1. The normalized spacial score (nSPS) is 13.3. The summed E-state index contributed by atoms with van der Waals surface area (Å²) in [7, 11) is -4.41. The van der Waals surface area contributed by atoms with Crippen molar-refractivity contribution in [3.05, 3.63) is 12.2 Å². The Labute approximate surface area is 345 Å². The van der Waals surface area contributed by atoms with Crippen LogP contribution < -0.4 is 5.32 Å². The maximum atomic E-state index is 12.1. The predicted molar refractivity (Wildman–Crippen MR) is 234 cm³/mol. The molecule has 0 rings (SSSR count). The Bertz CT molecular complexity index is 933. The summed E-state index contributed by atoms with van der Waals surface area (Å²) in [6.07, 6.45) is 45.7. The number of ether oxygens (including phenoxy) is 1. The fourth-order valence-electron chi connectivity index (χ4n) is 6.85. The number of hydrogen-bond donors (Lipinski definition) is 3. The molecule has 0 aliphatic rings. The minimum Gasteiger partial charge on any atom is -0.463 e. The molecule has 9 nitrogen and oxygen atoms in total. The van der Waals surface area contributed by atoms with Crippen LogP contribution in [0.4, 0.5) is 0 Å². The number of amides is 1. The van der Waals surface area contributed by atoms with Crippen LogP contribution in [0.3, 0.4) is 0 Å². The largest absolute Gasteiger partial charge is 0.472 e. The van der Waals surface area contributed by atoms with Crippen LogP contribution in [0.5, 0.6) is 0 Å². The highest BCUT2D eigenvalue weighted by molar-refractivity contribution is 7.47. The van der Waals surface area contributed by atoms with E-state index in [1.165, 1.54) is 173 Å². The van der Waals surface area contributed by atoms with Crippen LogP contribution in [0.15, 0.2) is 12.2 Å². The van der Waals surface area contributed by atoms with E-state index in [1.54, 1.807) is 0 Å². The highest BCUT2D eigenvalue weighted by Crippen LogP contribution is 2.42. The van der Waals surface area contributed by atoms with Gasteiger partial charge < -0.3 is 20.1 Å². The Morgan fingerprint density at radius 3 is 1.34 bits per heavy atom. The third-order valence-electron chi connectivity index (χ3n) is 10.4. The van der Waals surface area contributed by atoms with E-state index in [0.717, 1.165) is 38.5 Å². The van der Waals surface area contributed by atoms with Gasteiger partial charge in [0.1, 0.15) is 12.7 Å². The molecule has 0 bridgehead atoms. The molecule has 332 valence electrons. The average molecular weight is 816 g/mol. The fraction of sp³-hybridized carbons (Fsp3) is 0.913. The lowest BCUT2D eigenvalue weighted by molar-refractivity contribution is -0.147. The van der Waals surface area contributed by atoms with Crippen molar-refractivity contribution >= 4 is 19.7 Å². The first-order valence-corrected chi connectivity index (χ1v) is 25.2. The molecule has 0 saturated carbocycles. The van der Waals surface area contributed by atoms with Crippen LogP contribution in [-0.2, 0) is 27.9 Å². The molecule has 0 heterocycles. The third kappa shape index (κ3) is 43.9. The van der Waals surface area contributed by atoms with E-state index in [-0.39, 0.29) is 32.1 Å². The van der Waals surface area contributed by atoms with Crippen molar-refractivity contribution in [2.75, 3.05) is 26.4 Å². The van der Waals surface area contributed by atoms with Crippen LogP contribution in [0.2, 0.25) is 0 Å². The first-order chi connectivity index (χ1) is 27.3. The van der Waals surface area contributed by atoms with E-state index in [9.17, 15) is 24.2 Å². The summed E-state index contributed by atoms with van der Waals surface area (Å²) in [5, 5.41) is 12.7. The first-order valence-electron chi connectivity index (χ1n) is 23.7. The molecule has 0 aliphatic carbocycles. The number of esters is 1. The maximum Gasteiger partial charge on any atom is 0.472 e. The molecule has 0 aromatic carbocycles. The zero-order valence-corrected chi connectivity index (χ0v) is 37.5. The van der Waals surface area contributed by atoms with Crippen molar-refractivity contribution in [3.8, 4) is 0 Å². The lowest BCUT2D eigenvalue weighted by atomic mass is 10.0. The highest BCUT2D eigenvalue weighted by atomic mass is 31.2. The molecule has 2 atom stereocenters. The van der Waals surface area contributed by atoms with E-state index in [1.807, 2.05) is 0 Å². The van der Waals surface area contributed by atoms with E-state index in [2.05, 4.69) is 31.3 Å². The number of nitrogens with one attached hydrogen (secondary N) is 1. The zero-order valence-electron chi connectivity index (χ0n) is 36.6. The molecule has 56 heavy (non-hydrogen) atoms. The van der Waals surface area contributed by atoms with E-state index in [4.69, 9.17) is 13.8 Å². The lowest BCUT2D eigenvalue weighted by Crippen LogP contribution is -2.27. The number of carbonyl (C=O) groups excluding carboxylic acids is 2. The summed E-state index contributed by atoms with van der Waals surface area (Å²) < 4.78 is 26.9. The summed E-state index contributed by atoms with van der Waals surface area (Å²) in [6.45, 7) is 3.59. The number of allylic oxidation sites excluding steroid dienone is 2. The van der Waals surface area contributed by atoms with Crippen LogP contribution in [0, 0.1) is 0 Å². The van der Waals surface area contributed by atoms with E-state index < -0.39 is 26.5 Å². The standard InChI is InChI=1S/C46H90NO8P/c1-3-5-7-9-11-13-15-17-19-21-23-24-26-28-30-32-34-36-38-45(49)47-40-41-54-56(51,52)55-43-44(48)42-53-46(50)39-37-35-33-31-29-27-25-22-20-18-16-14-12-10-8-6-4-2/h19,21,44,48H,3-18,20,22-43H2,1-2H3,(H,47,49)(H,51,52)/b21-19-. The number of aliphatic hydroxyl groups excluding tert-OH is 1. The molecule has 0 radical (unpaired) electrons. The number of aliphatic hydroxyl groups is 1. The second kappa shape index (κ2) is 43.3. The summed E-state index contributed by atoms with van der Waals surface area (Å²) >= 11 is 0. The molecule has 0 aliphatic heterocycles. The Hall–Kier alpha value is -1.25. The molecule has 0 spiro atoms. The van der Waals surface area contributed by atoms with Crippen LogP contribution in [-0.4, -0.2) is 54.3 Å². The minimum atomic E-state index is -4.41. The van der Waals surface area contributed by atoms with Gasteiger partial charge in [0.15, 0.2) is 0 Å². The van der Waals surface area contributed by atoms with Gasteiger partial charge in [0, 0.05) is 19.4 Å². The van der Waals surface area contributed by atoms with Gasteiger partial charge in [0.25, 0.3) is 0 Å². The molecular weight excluding hydrogens is 725 g/mol. The van der Waals surface area contributed by atoms with Gasteiger partial charge in [0.2, 0.25) is 5.91 Å². The van der Waals surface area contributed by atoms with Gasteiger partial charge in [-0.25, -0.2) is 4.57 Å². The second-order valence-electron chi connectivity index (χ2n) is 16.1. The Balaban J connectivity index is 3.55. The number of hydrogen-bond acceptors (Lipinski definition) is 7. The van der Waals surface area contributed by atoms with Gasteiger partial charge >= 0.3 is 13.8 Å². The molecule has 0 fully saturated rings. The molecule has 10 heteroatoms. The van der Waals surface area contributed by atoms with Crippen LogP contribution in [0.25, 0.3) is 0 Å². The average Bonchev–Trinajstić information content (AvgIpc) is 3.18. The lowest BCUT2D eigenvalue weighted by Gasteiger charge is -2.15. The molecule has 3 N–H and O–H groups in total. The van der Waals surface area contributed by atoms with Crippen molar-refractivity contribution in [2.24, 2.45) is 0 Å². The van der Waals surface area contributed by atoms with E-state index in [0.29, 0.717) is 6.42 Å². The minimum absolute atomic E-state index is 0.0831. The van der Waals surface area contributed by atoms with Crippen molar-refractivity contribution in [1.82, 2.24) is 5.32 Å². The van der Waals surface area contributed by atoms with Gasteiger partial charge in [-0.05, 0) is 38.5 Å². The maximum absolute atomic E-state index is 12.1. The van der Waals surface area contributed by atoms with Gasteiger partial charge in [-0.2, -0.15) is 0 Å². The van der Waals surface area contributed by atoms with Gasteiger partial charge in [0.05, 0.1) is 13.2 Å². The van der Waals surface area contributed by atoms with Crippen LogP contribution in [0.1, 0.15) is 239 Å². The fourth-order valence-corrected chi connectivity index (χ4v) is 7.60. The quantitative estimate of drug-likeness (QED) is 0.0240. The molecule has 0 aromatic heterocycles. The second-order valence-corrected chi connectivity index (χ2v) is 17.5. The smallest absolute Gasteiger partial charge is 0.463 e.